The highest BCUT2D eigenvalue weighted by atomic mass is 32.2. The Morgan fingerprint density at radius 3 is 2.42 bits per heavy atom. The number of amides is 2. The van der Waals surface area contributed by atoms with Crippen LogP contribution in [0.15, 0.2) is 54.6 Å². The lowest BCUT2D eigenvalue weighted by atomic mass is 10.0. The summed E-state index contributed by atoms with van der Waals surface area (Å²) in [4.78, 5) is 27.2. The largest absolute Gasteiger partial charge is 0.352 e. The predicted molar refractivity (Wildman–Crippen MR) is 101 cm³/mol. The highest BCUT2D eigenvalue weighted by molar-refractivity contribution is 8.00. The first-order chi connectivity index (χ1) is 12.5. The van der Waals surface area contributed by atoms with Crippen LogP contribution in [0.5, 0.6) is 0 Å². The lowest BCUT2D eigenvalue weighted by Crippen LogP contribution is -2.44. The van der Waals surface area contributed by atoms with Gasteiger partial charge in [-0.05, 0) is 37.1 Å². The van der Waals surface area contributed by atoms with E-state index < -0.39 is 6.04 Å². The normalized spacial score (nSPS) is 18.2. The molecule has 1 aliphatic rings. The van der Waals surface area contributed by atoms with Gasteiger partial charge in [-0.25, -0.2) is 4.39 Å². The molecule has 2 amide bonds. The average molecular weight is 372 g/mol. The van der Waals surface area contributed by atoms with Crippen molar-refractivity contribution in [3.8, 4) is 0 Å². The molecule has 2 atom stereocenters. The maximum Gasteiger partial charge on any atom is 0.247 e. The van der Waals surface area contributed by atoms with Crippen LogP contribution in [-0.4, -0.2) is 28.5 Å². The van der Waals surface area contributed by atoms with Crippen molar-refractivity contribution in [3.05, 3.63) is 71.5 Å². The fourth-order valence-corrected chi connectivity index (χ4v) is 4.24. The molecule has 1 aliphatic heterocycles. The minimum absolute atomic E-state index is 0.0386. The molecular weight excluding hydrogens is 351 g/mol. The molecule has 2 aromatic rings. The van der Waals surface area contributed by atoms with E-state index in [2.05, 4.69) is 5.32 Å². The van der Waals surface area contributed by atoms with Crippen molar-refractivity contribution in [1.29, 1.82) is 0 Å². The minimum Gasteiger partial charge on any atom is -0.352 e. The molecule has 0 bridgehead atoms. The van der Waals surface area contributed by atoms with Crippen LogP contribution < -0.4 is 5.32 Å². The second-order valence-corrected chi connectivity index (χ2v) is 7.56. The summed E-state index contributed by atoms with van der Waals surface area (Å²) in [5.74, 6) is -0.349. The van der Waals surface area contributed by atoms with Gasteiger partial charge in [-0.15, -0.1) is 11.8 Å². The highest BCUT2D eigenvalue weighted by Crippen LogP contribution is 2.43. The minimum atomic E-state index is -0.726. The second kappa shape index (κ2) is 7.91. The summed E-state index contributed by atoms with van der Waals surface area (Å²) in [7, 11) is 0. The third-order valence-electron chi connectivity index (χ3n) is 4.13. The summed E-state index contributed by atoms with van der Waals surface area (Å²) in [5.41, 5.74) is 1.56. The number of nitrogens with one attached hydrogen (secondary N) is 1. The Morgan fingerprint density at radius 2 is 1.81 bits per heavy atom. The molecule has 1 heterocycles. The molecule has 26 heavy (non-hydrogen) atoms. The smallest absolute Gasteiger partial charge is 0.247 e. The molecule has 0 aromatic heterocycles. The third kappa shape index (κ3) is 3.90. The number of hydrogen-bond acceptors (Lipinski definition) is 3. The monoisotopic (exact) mass is 372 g/mol. The predicted octanol–water partition coefficient (Wildman–Crippen LogP) is 3.67. The molecule has 1 fully saturated rings. The van der Waals surface area contributed by atoms with Gasteiger partial charge in [-0.2, -0.15) is 0 Å². The van der Waals surface area contributed by atoms with Crippen LogP contribution >= 0.6 is 11.8 Å². The number of carbonyl (C=O) groups excluding carboxylic acids is 2. The summed E-state index contributed by atoms with van der Waals surface area (Å²) < 4.78 is 13.3. The van der Waals surface area contributed by atoms with E-state index in [9.17, 15) is 14.0 Å². The zero-order chi connectivity index (χ0) is 18.7. The van der Waals surface area contributed by atoms with Crippen LogP contribution in [0.1, 0.15) is 36.4 Å². The number of hydrogen-bond donors (Lipinski definition) is 1. The molecular formula is C20H21FN2O2S. The summed E-state index contributed by atoms with van der Waals surface area (Å²) in [6.07, 6.45) is 0. The highest BCUT2D eigenvalue weighted by Gasteiger charge is 2.41. The lowest BCUT2D eigenvalue weighted by molar-refractivity contribution is -0.139. The number of benzene rings is 2. The molecule has 3 rings (SSSR count). The standard InChI is InChI=1S/C20H21FN2O2S/c1-13(2)22-19(25)18(14-6-4-3-5-7-14)23-17(24)12-26-20(23)15-8-10-16(21)11-9-15/h3-11,13,18,20H,12H2,1-2H3,(H,22,25)/t18-,20-/m1/s1. The van der Waals surface area contributed by atoms with Crippen LogP contribution in [0.4, 0.5) is 4.39 Å². The van der Waals surface area contributed by atoms with E-state index in [1.165, 1.54) is 23.9 Å². The van der Waals surface area contributed by atoms with Crippen molar-refractivity contribution in [2.24, 2.45) is 0 Å². The van der Waals surface area contributed by atoms with E-state index in [4.69, 9.17) is 0 Å². The Kier molecular flexibility index (Phi) is 5.61. The third-order valence-corrected chi connectivity index (χ3v) is 5.36. The first-order valence-corrected chi connectivity index (χ1v) is 9.56. The molecule has 2 aromatic carbocycles. The van der Waals surface area contributed by atoms with Gasteiger partial charge >= 0.3 is 0 Å². The SMILES string of the molecule is CC(C)NC(=O)[C@@H](c1ccccc1)N1C(=O)CS[C@@H]1c1ccc(F)cc1. The Bertz CT molecular complexity index is 780. The van der Waals surface area contributed by atoms with E-state index in [1.54, 1.807) is 17.0 Å². The quantitative estimate of drug-likeness (QED) is 0.871. The van der Waals surface area contributed by atoms with Gasteiger partial charge < -0.3 is 10.2 Å². The number of rotatable bonds is 5. The molecule has 0 aliphatic carbocycles. The Hall–Kier alpha value is -2.34. The van der Waals surface area contributed by atoms with Crippen LogP contribution in [0.3, 0.4) is 0 Å². The summed E-state index contributed by atoms with van der Waals surface area (Å²) in [5, 5.41) is 2.59. The average Bonchev–Trinajstić information content (AvgIpc) is 2.98. The maximum atomic E-state index is 13.3. The first kappa shape index (κ1) is 18.5. The van der Waals surface area contributed by atoms with E-state index in [0.29, 0.717) is 5.75 Å². The van der Waals surface area contributed by atoms with E-state index in [1.807, 2.05) is 44.2 Å². The number of nitrogens with zero attached hydrogens (tertiary/aromatic N) is 1. The zero-order valence-electron chi connectivity index (χ0n) is 14.7. The van der Waals surface area contributed by atoms with Crippen LogP contribution in [0.25, 0.3) is 0 Å². The topological polar surface area (TPSA) is 49.4 Å². The fraction of sp³-hybridized carbons (Fsp3) is 0.300. The van der Waals surface area contributed by atoms with Crippen molar-refractivity contribution in [3.63, 3.8) is 0 Å². The Balaban J connectivity index is 2.01. The summed E-state index contributed by atoms with van der Waals surface area (Å²) in [6, 6.07) is 14.6. The van der Waals surface area contributed by atoms with Crippen molar-refractivity contribution in [2.75, 3.05) is 5.75 Å². The van der Waals surface area contributed by atoms with Gasteiger partial charge in [0.1, 0.15) is 17.2 Å². The van der Waals surface area contributed by atoms with Gasteiger partial charge in [0.2, 0.25) is 11.8 Å². The van der Waals surface area contributed by atoms with Gasteiger partial charge in [0, 0.05) is 6.04 Å². The molecule has 0 unspecified atom stereocenters. The van der Waals surface area contributed by atoms with Gasteiger partial charge in [-0.1, -0.05) is 42.5 Å². The first-order valence-electron chi connectivity index (χ1n) is 8.51. The summed E-state index contributed by atoms with van der Waals surface area (Å²) in [6.45, 7) is 3.77. The Labute approximate surface area is 156 Å². The van der Waals surface area contributed by atoms with E-state index >= 15 is 0 Å². The summed E-state index contributed by atoms with van der Waals surface area (Å²) >= 11 is 1.45. The van der Waals surface area contributed by atoms with Crippen LogP contribution in [0, 0.1) is 5.82 Å². The Morgan fingerprint density at radius 1 is 1.15 bits per heavy atom. The molecule has 136 valence electrons. The molecule has 0 saturated carbocycles. The molecule has 0 spiro atoms. The number of halogens is 1. The molecule has 4 nitrogen and oxygen atoms in total. The van der Waals surface area contributed by atoms with Crippen molar-refractivity contribution in [2.45, 2.75) is 31.3 Å². The van der Waals surface area contributed by atoms with Crippen LogP contribution in [-0.2, 0) is 9.59 Å². The van der Waals surface area contributed by atoms with Crippen molar-refractivity contribution in [1.82, 2.24) is 10.2 Å². The van der Waals surface area contributed by atoms with E-state index in [-0.39, 0.29) is 29.0 Å². The van der Waals surface area contributed by atoms with Gasteiger partial charge in [0.15, 0.2) is 0 Å². The fourth-order valence-electron chi connectivity index (χ4n) is 3.04. The molecule has 6 heteroatoms. The molecule has 1 N–H and O–H groups in total. The number of thioether (sulfide) groups is 1. The van der Waals surface area contributed by atoms with Gasteiger partial charge in [0.25, 0.3) is 0 Å². The lowest BCUT2D eigenvalue weighted by Gasteiger charge is -2.32. The molecule has 0 radical (unpaired) electrons. The van der Waals surface area contributed by atoms with Crippen molar-refractivity contribution < 1.29 is 14.0 Å². The number of carbonyl (C=O) groups is 2. The molecule has 1 saturated heterocycles. The van der Waals surface area contributed by atoms with E-state index in [0.717, 1.165) is 11.1 Å². The van der Waals surface area contributed by atoms with Gasteiger partial charge in [0.05, 0.1) is 5.75 Å². The maximum absolute atomic E-state index is 13.3. The van der Waals surface area contributed by atoms with Crippen LogP contribution in [0.2, 0.25) is 0 Å². The van der Waals surface area contributed by atoms with Crippen molar-refractivity contribution >= 4 is 23.6 Å². The zero-order valence-corrected chi connectivity index (χ0v) is 15.5. The second-order valence-electron chi connectivity index (χ2n) is 6.49. The van der Waals surface area contributed by atoms with Gasteiger partial charge in [-0.3, -0.25) is 9.59 Å².